The number of nitrogens with two attached hydrogens (primary N) is 1. The summed E-state index contributed by atoms with van der Waals surface area (Å²) in [6.45, 7) is 1.81. The van der Waals surface area contributed by atoms with Crippen molar-refractivity contribution in [3.63, 3.8) is 0 Å². The first-order chi connectivity index (χ1) is 9.09. The lowest BCUT2D eigenvalue weighted by atomic mass is 10.1. The van der Waals surface area contributed by atoms with Gasteiger partial charge < -0.3 is 5.73 Å². The van der Waals surface area contributed by atoms with Crippen molar-refractivity contribution in [3.05, 3.63) is 53.2 Å². The molecule has 2 aromatic rings. The van der Waals surface area contributed by atoms with Crippen molar-refractivity contribution in [2.75, 3.05) is 10.6 Å². The first-order valence-corrected chi connectivity index (χ1v) is 5.79. The molecular formula is C14H11N3O2. The number of carbonyl (C=O) groups excluding carboxylic acids is 2. The van der Waals surface area contributed by atoms with E-state index in [2.05, 4.69) is 4.98 Å². The minimum Gasteiger partial charge on any atom is -0.399 e. The maximum absolute atomic E-state index is 12.3. The molecule has 0 bridgehead atoms. The van der Waals surface area contributed by atoms with E-state index >= 15 is 0 Å². The Morgan fingerprint density at radius 1 is 1.11 bits per heavy atom. The van der Waals surface area contributed by atoms with Gasteiger partial charge in [0.05, 0.1) is 11.1 Å². The zero-order chi connectivity index (χ0) is 13.6. The molecule has 0 saturated carbocycles. The van der Waals surface area contributed by atoms with Crippen LogP contribution in [-0.2, 0) is 0 Å². The normalized spacial score (nSPS) is 13.8. The fourth-order valence-electron chi connectivity index (χ4n) is 2.16. The minimum absolute atomic E-state index is 0.329. The number of imide groups is 1. The predicted molar refractivity (Wildman–Crippen MR) is 71.0 cm³/mol. The minimum atomic E-state index is -0.380. The molecule has 1 aromatic heterocycles. The van der Waals surface area contributed by atoms with Crippen LogP contribution in [0.25, 0.3) is 0 Å². The van der Waals surface area contributed by atoms with Crippen LogP contribution < -0.4 is 10.6 Å². The molecule has 1 aliphatic heterocycles. The number of aryl methyl sites for hydroxylation is 1. The summed E-state index contributed by atoms with van der Waals surface area (Å²) in [6, 6.07) is 8.27. The lowest BCUT2D eigenvalue weighted by molar-refractivity contribution is 0.0925. The molecule has 0 unspecified atom stereocenters. The molecule has 1 aromatic carbocycles. The number of hydrogen-bond donors (Lipinski definition) is 1. The zero-order valence-corrected chi connectivity index (χ0v) is 10.3. The van der Waals surface area contributed by atoms with Gasteiger partial charge >= 0.3 is 0 Å². The Balaban J connectivity index is 2.16. The summed E-state index contributed by atoms with van der Waals surface area (Å²) in [5, 5.41) is 0. The van der Waals surface area contributed by atoms with E-state index in [0.29, 0.717) is 22.6 Å². The number of nitrogens with zero attached hydrogens (tertiary/aromatic N) is 2. The quantitative estimate of drug-likeness (QED) is 0.620. The van der Waals surface area contributed by atoms with Gasteiger partial charge in [0.1, 0.15) is 5.82 Å². The molecule has 94 valence electrons. The van der Waals surface area contributed by atoms with Crippen LogP contribution in [0.1, 0.15) is 26.3 Å². The van der Waals surface area contributed by atoms with Gasteiger partial charge in [0.25, 0.3) is 11.8 Å². The summed E-state index contributed by atoms with van der Waals surface area (Å²) in [6.07, 6.45) is 1.56. The smallest absolute Gasteiger partial charge is 0.267 e. The molecule has 0 fully saturated rings. The Labute approximate surface area is 109 Å². The van der Waals surface area contributed by atoms with Gasteiger partial charge in [0.15, 0.2) is 0 Å². The van der Waals surface area contributed by atoms with Crippen LogP contribution in [0, 0.1) is 6.92 Å². The van der Waals surface area contributed by atoms with Crippen LogP contribution in [0.2, 0.25) is 0 Å². The van der Waals surface area contributed by atoms with E-state index in [4.69, 9.17) is 5.73 Å². The second-order valence-electron chi connectivity index (χ2n) is 4.39. The van der Waals surface area contributed by atoms with Crippen molar-refractivity contribution >= 4 is 23.3 Å². The van der Waals surface area contributed by atoms with E-state index in [1.54, 1.807) is 37.4 Å². The molecule has 0 aliphatic carbocycles. The first-order valence-electron chi connectivity index (χ1n) is 5.79. The Kier molecular flexibility index (Phi) is 2.35. The van der Waals surface area contributed by atoms with Crippen molar-refractivity contribution in [1.82, 2.24) is 4.98 Å². The number of rotatable bonds is 1. The predicted octanol–water partition coefficient (Wildman–Crippen LogP) is 1.77. The van der Waals surface area contributed by atoms with E-state index in [1.165, 1.54) is 6.07 Å². The second-order valence-corrected chi connectivity index (χ2v) is 4.39. The summed E-state index contributed by atoms with van der Waals surface area (Å²) in [4.78, 5) is 29.8. The van der Waals surface area contributed by atoms with Crippen LogP contribution in [0.15, 0.2) is 36.5 Å². The van der Waals surface area contributed by atoms with E-state index in [9.17, 15) is 9.59 Å². The number of nitrogen functional groups attached to an aromatic ring is 1. The number of benzene rings is 1. The van der Waals surface area contributed by atoms with Crippen molar-refractivity contribution in [1.29, 1.82) is 0 Å². The largest absolute Gasteiger partial charge is 0.399 e. The summed E-state index contributed by atoms with van der Waals surface area (Å²) in [5.74, 6) is -0.372. The van der Waals surface area contributed by atoms with Gasteiger partial charge in [-0.05, 0) is 36.8 Å². The maximum atomic E-state index is 12.3. The van der Waals surface area contributed by atoms with Gasteiger partial charge in [-0.15, -0.1) is 0 Å². The number of amides is 2. The van der Waals surface area contributed by atoms with Crippen molar-refractivity contribution < 1.29 is 9.59 Å². The van der Waals surface area contributed by atoms with Gasteiger partial charge in [-0.1, -0.05) is 6.07 Å². The summed E-state index contributed by atoms with van der Waals surface area (Å²) in [5.41, 5.74) is 7.58. The molecule has 0 spiro atoms. The van der Waals surface area contributed by atoms with Crippen LogP contribution in [0.4, 0.5) is 11.5 Å². The highest BCUT2D eigenvalue weighted by molar-refractivity contribution is 6.34. The first kappa shape index (κ1) is 11.4. The molecule has 0 atom stereocenters. The van der Waals surface area contributed by atoms with Gasteiger partial charge in [-0.25, -0.2) is 9.88 Å². The molecule has 0 saturated heterocycles. The average Bonchev–Trinajstić information content (AvgIpc) is 2.63. The molecule has 2 N–H and O–H groups in total. The third-order valence-electron chi connectivity index (χ3n) is 3.10. The average molecular weight is 253 g/mol. The standard InChI is InChI=1S/C14H11N3O2/c1-8-3-2-6-16-12(8)17-13(18)10-5-4-9(15)7-11(10)14(17)19/h2-7H,15H2,1H3. The molecule has 5 heteroatoms. The lowest BCUT2D eigenvalue weighted by Gasteiger charge is -2.14. The highest BCUT2D eigenvalue weighted by atomic mass is 16.2. The van der Waals surface area contributed by atoms with Crippen LogP contribution in [0.3, 0.4) is 0 Å². The fourth-order valence-corrected chi connectivity index (χ4v) is 2.16. The number of anilines is 2. The molecule has 3 rings (SSSR count). The Hall–Kier alpha value is -2.69. The number of fused-ring (bicyclic) bond motifs is 1. The second kappa shape index (κ2) is 3.91. The van der Waals surface area contributed by atoms with Gasteiger partial charge in [0.2, 0.25) is 0 Å². The molecule has 1 aliphatic rings. The van der Waals surface area contributed by atoms with E-state index in [-0.39, 0.29) is 11.8 Å². The summed E-state index contributed by atoms with van der Waals surface area (Å²) < 4.78 is 0. The highest BCUT2D eigenvalue weighted by Gasteiger charge is 2.38. The van der Waals surface area contributed by atoms with Crippen molar-refractivity contribution in [3.8, 4) is 0 Å². The number of hydrogen-bond acceptors (Lipinski definition) is 4. The Morgan fingerprint density at radius 2 is 1.84 bits per heavy atom. The SMILES string of the molecule is Cc1cccnc1N1C(=O)c2ccc(N)cc2C1=O. The van der Waals surface area contributed by atoms with Gasteiger partial charge in [-0.3, -0.25) is 9.59 Å². The molecule has 19 heavy (non-hydrogen) atoms. The molecule has 5 nitrogen and oxygen atoms in total. The fraction of sp³-hybridized carbons (Fsp3) is 0.0714. The monoisotopic (exact) mass is 253 g/mol. The van der Waals surface area contributed by atoms with E-state index in [1.807, 2.05) is 0 Å². The van der Waals surface area contributed by atoms with E-state index in [0.717, 1.165) is 10.5 Å². The highest BCUT2D eigenvalue weighted by Crippen LogP contribution is 2.29. The topological polar surface area (TPSA) is 76.3 Å². The summed E-state index contributed by atoms with van der Waals surface area (Å²) >= 11 is 0. The van der Waals surface area contributed by atoms with Gasteiger partial charge in [-0.2, -0.15) is 0 Å². The number of aromatic nitrogens is 1. The maximum Gasteiger partial charge on any atom is 0.267 e. The van der Waals surface area contributed by atoms with Crippen LogP contribution in [0.5, 0.6) is 0 Å². The molecule has 2 amide bonds. The Bertz CT molecular complexity index is 710. The number of pyridine rings is 1. The molecular weight excluding hydrogens is 242 g/mol. The van der Waals surface area contributed by atoms with Crippen LogP contribution in [-0.4, -0.2) is 16.8 Å². The lowest BCUT2D eigenvalue weighted by Crippen LogP contribution is -2.30. The van der Waals surface area contributed by atoms with Crippen molar-refractivity contribution in [2.45, 2.75) is 6.92 Å². The molecule has 0 radical (unpaired) electrons. The van der Waals surface area contributed by atoms with Crippen LogP contribution >= 0.6 is 0 Å². The van der Waals surface area contributed by atoms with Gasteiger partial charge in [0, 0.05) is 11.9 Å². The van der Waals surface area contributed by atoms with E-state index < -0.39 is 0 Å². The zero-order valence-electron chi connectivity index (χ0n) is 10.3. The third kappa shape index (κ3) is 1.59. The van der Waals surface area contributed by atoms with Crippen molar-refractivity contribution in [2.24, 2.45) is 0 Å². The third-order valence-corrected chi connectivity index (χ3v) is 3.10. The molecule has 2 heterocycles. The Morgan fingerprint density at radius 3 is 2.58 bits per heavy atom. The number of carbonyl (C=O) groups is 2. The summed E-state index contributed by atoms with van der Waals surface area (Å²) in [7, 11) is 0.